The van der Waals surface area contributed by atoms with E-state index in [0.717, 1.165) is 24.0 Å². The number of nitrogens with one attached hydrogen (secondary N) is 2. The molecular weight excluding hydrogens is 433 g/mol. The lowest BCUT2D eigenvalue weighted by Gasteiger charge is -2.16. The number of halogens is 1. The predicted molar refractivity (Wildman–Crippen MR) is 127 cm³/mol. The maximum absolute atomic E-state index is 13.7. The summed E-state index contributed by atoms with van der Waals surface area (Å²) in [5.41, 5.74) is 3.11. The van der Waals surface area contributed by atoms with Gasteiger partial charge in [-0.1, -0.05) is 42.5 Å². The van der Waals surface area contributed by atoms with Crippen LogP contribution in [0.3, 0.4) is 0 Å². The molecule has 0 bridgehead atoms. The largest absolute Gasteiger partial charge is 0.354 e. The highest BCUT2D eigenvalue weighted by Crippen LogP contribution is 2.26. The second-order valence-electron chi connectivity index (χ2n) is 8.40. The first-order valence-corrected chi connectivity index (χ1v) is 11.3. The number of pyridine rings is 1. The molecule has 172 valence electrons. The number of hydrogen-bond donors (Lipinski definition) is 2. The topological polar surface area (TPSA) is 88.9 Å². The zero-order chi connectivity index (χ0) is 23.5. The van der Waals surface area contributed by atoms with Crippen molar-refractivity contribution in [2.24, 2.45) is 0 Å². The smallest absolute Gasteiger partial charge is 0.252 e. The molecule has 1 unspecified atom stereocenters. The second-order valence-corrected chi connectivity index (χ2v) is 8.40. The first kappa shape index (κ1) is 21.8. The molecule has 1 aliphatic heterocycles. The summed E-state index contributed by atoms with van der Waals surface area (Å²) in [4.78, 5) is 30.5. The summed E-state index contributed by atoms with van der Waals surface area (Å²) in [5, 5.41) is 10.8. The third kappa shape index (κ3) is 4.52. The maximum atomic E-state index is 13.7. The van der Waals surface area contributed by atoms with Crippen molar-refractivity contribution in [3.63, 3.8) is 0 Å². The van der Waals surface area contributed by atoms with Crippen LogP contribution in [0.5, 0.6) is 0 Å². The molecule has 1 fully saturated rings. The Labute approximate surface area is 196 Å². The van der Waals surface area contributed by atoms with Crippen molar-refractivity contribution in [2.45, 2.75) is 31.8 Å². The van der Waals surface area contributed by atoms with Gasteiger partial charge in [-0.15, -0.1) is 0 Å². The summed E-state index contributed by atoms with van der Waals surface area (Å²) in [6.07, 6.45) is 3.94. The third-order valence-corrected chi connectivity index (χ3v) is 5.99. The first-order chi connectivity index (χ1) is 16.6. The van der Waals surface area contributed by atoms with Gasteiger partial charge in [-0.2, -0.15) is 5.10 Å². The van der Waals surface area contributed by atoms with Crippen LogP contribution in [0.1, 0.15) is 35.2 Å². The number of fused-ring (bicyclic) bond motifs is 1. The van der Waals surface area contributed by atoms with Gasteiger partial charge in [0.2, 0.25) is 5.91 Å². The molecule has 1 saturated heterocycles. The van der Waals surface area contributed by atoms with Crippen LogP contribution in [0.4, 0.5) is 4.39 Å². The Morgan fingerprint density at radius 3 is 2.79 bits per heavy atom. The van der Waals surface area contributed by atoms with Gasteiger partial charge >= 0.3 is 0 Å². The minimum atomic E-state index is -0.583. The van der Waals surface area contributed by atoms with Crippen LogP contribution in [0.15, 0.2) is 66.9 Å². The van der Waals surface area contributed by atoms with E-state index in [1.807, 2.05) is 36.4 Å². The number of rotatable bonds is 5. The van der Waals surface area contributed by atoms with E-state index in [9.17, 15) is 14.0 Å². The molecule has 34 heavy (non-hydrogen) atoms. The van der Waals surface area contributed by atoms with Crippen LogP contribution in [0.25, 0.3) is 22.3 Å². The van der Waals surface area contributed by atoms with Gasteiger partial charge in [-0.05, 0) is 43.0 Å². The summed E-state index contributed by atoms with van der Waals surface area (Å²) in [6, 6.07) is 17.0. The van der Waals surface area contributed by atoms with Crippen LogP contribution >= 0.6 is 0 Å². The quantitative estimate of drug-likeness (QED) is 0.479. The van der Waals surface area contributed by atoms with Gasteiger partial charge in [-0.3, -0.25) is 9.59 Å². The summed E-state index contributed by atoms with van der Waals surface area (Å²) in [7, 11) is 0. The average Bonchev–Trinajstić information content (AvgIpc) is 3.13. The Morgan fingerprint density at radius 2 is 1.97 bits per heavy atom. The fourth-order valence-electron chi connectivity index (χ4n) is 4.23. The first-order valence-electron chi connectivity index (χ1n) is 11.3. The molecule has 2 aromatic carbocycles. The molecule has 4 aromatic rings. The van der Waals surface area contributed by atoms with E-state index in [4.69, 9.17) is 4.98 Å². The molecule has 5 rings (SSSR count). The highest BCUT2D eigenvalue weighted by molar-refractivity contribution is 6.07. The Bertz CT molecular complexity index is 1350. The van der Waals surface area contributed by atoms with Crippen molar-refractivity contribution in [2.75, 3.05) is 6.54 Å². The lowest BCUT2D eigenvalue weighted by atomic mass is 10.1. The maximum Gasteiger partial charge on any atom is 0.252 e. The number of carbonyl (C=O) groups excluding carboxylic acids is 2. The van der Waals surface area contributed by atoms with Crippen molar-refractivity contribution < 1.29 is 14.0 Å². The van der Waals surface area contributed by atoms with Crippen LogP contribution in [0.2, 0.25) is 0 Å². The molecule has 0 radical (unpaired) electrons. The van der Waals surface area contributed by atoms with Gasteiger partial charge in [-0.25, -0.2) is 14.1 Å². The summed E-state index contributed by atoms with van der Waals surface area (Å²) < 4.78 is 15.4. The van der Waals surface area contributed by atoms with Crippen molar-refractivity contribution >= 4 is 22.8 Å². The Balaban J connectivity index is 1.56. The molecule has 0 spiro atoms. The molecule has 1 atom stereocenters. The third-order valence-electron chi connectivity index (χ3n) is 5.99. The lowest BCUT2D eigenvalue weighted by molar-refractivity contribution is -0.122. The summed E-state index contributed by atoms with van der Waals surface area (Å²) in [6.45, 7) is 0.925. The molecule has 7 nitrogen and oxygen atoms in total. The Morgan fingerprint density at radius 1 is 1.12 bits per heavy atom. The van der Waals surface area contributed by atoms with E-state index >= 15 is 0 Å². The van der Waals surface area contributed by atoms with Gasteiger partial charge in [0.05, 0.1) is 29.4 Å². The molecule has 2 N–H and O–H groups in total. The minimum Gasteiger partial charge on any atom is -0.354 e. The van der Waals surface area contributed by atoms with Crippen LogP contribution < -0.4 is 10.6 Å². The average molecular weight is 458 g/mol. The van der Waals surface area contributed by atoms with Crippen molar-refractivity contribution in [1.29, 1.82) is 0 Å². The standard InChI is InChI=1S/C26H24FN5O2/c27-19-10-6-7-17(13-19)16-32-24-21(15-29-32)20(14-23(30-24)18-8-2-1-3-9-18)25(33)31-22-11-4-5-12-28-26(22)34/h1-3,6-10,13-15,22H,4-5,11-12,16H2,(H,28,34)(H,31,33). The van der Waals surface area contributed by atoms with Crippen LogP contribution in [0, 0.1) is 5.82 Å². The zero-order valence-corrected chi connectivity index (χ0v) is 18.5. The number of benzene rings is 2. The van der Waals surface area contributed by atoms with Gasteiger partial charge < -0.3 is 10.6 Å². The Kier molecular flexibility index (Phi) is 6.03. The molecule has 0 aliphatic carbocycles. The van der Waals surface area contributed by atoms with Crippen molar-refractivity contribution in [3.05, 3.63) is 83.8 Å². The van der Waals surface area contributed by atoms with E-state index in [1.165, 1.54) is 12.1 Å². The fourth-order valence-corrected chi connectivity index (χ4v) is 4.23. The van der Waals surface area contributed by atoms with Gasteiger partial charge in [0.1, 0.15) is 11.9 Å². The molecule has 2 aromatic heterocycles. The summed E-state index contributed by atoms with van der Waals surface area (Å²) >= 11 is 0. The minimum absolute atomic E-state index is 0.166. The lowest BCUT2D eigenvalue weighted by Crippen LogP contribution is -2.45. The Hall–Kier alpha value is -4.07. The summed E-state index contributed by atoms with van der Waals surface area (Å²) in [5.74, 6) is -0.841. The number of amides is 2. The number of nitrogens with zero attached hydrogens (tertiary/aromatic N) is 3. The normalized spacial score (nSPS) is 16.1. The molecule has 8 heteroatoms. The van der Waals surface area contributed by atoms with E-state index in [0.29, 0.717) is 41.8 Å². The van der Waals surface area contributed by atoms with Gasteiger partial charge in [0, 0.05) is 12.1 Å². The van der Waals surface area contributed by atoms with Gasteiger partial charge in [0.15, 0.2) is 5.65 Å². The van der Waals surface area contributed by atoms with E-state index in [1.54, 1.807) is 23.0 Å². The molecule has 1 aliphatic rings. The second kappa shape index (κ2) is 9.43. The number of carbonyl (C=O) groups is 2. The fraction of sp³-hybridized carbons (Fsp3) is 0.231. The van der Waals surface area contributed by atoms with E-state index < -0.39 is 6.04 Å². The van der Waals surface area contributed by atoms with Crippen LogP contribution in [-0.2, 0) is 11.3 Å². The van der Waals surface area contributed by atoms with Crippen LogP contribution in [-0.4, -0.2) is 39.2 Å². The molecule has 2 amide bonds. The highest BCUT2D eigenvalue weighted by atomic mass is 19.1. The predicted octanol–water partition coefficient (Wildman–Crippen LogP) is 3.68. The van der Waals surface area contributed by atoms with E-state index in [2.05, 4.69) is 15.7 Å². The molecule has 0 saturated carbocycles. The van der Waals surface area contributed by atoms with E-state index in [-0.39, 0.29) is 17.6 Å². The highest BCUT2D eigenvalue weighted by Gasteiger charge is 2.25. The number of hydrogen-bond acceptors (Lipinski definition) is 4. The van der Waals surface area contributed by atoms with Crippen molar-refractivity contribution in [1.82, 2.24) is 25.4 Å². The molecular formula is C26H24FN5O2. The van der Waals surface area contributed by atoms with Crippen molar-refractivity contribution in [3.8, 4) is 11.3 Å². The van der Waals surface area contributed by atoms with Gasteiger partial charge in [0.25, 0.3) is 5.91 Å². The number of aromatic nitrogens is 3. The monoisotopic (exact) mass is 457 g/mol. The zero-order valence-electron chi connectivity index (χ0n) is 18.5. The molecule has 3 heterocycles. The SMILES string of the molecule is O=C(NC1CCCCNC1=O)c1cc(-c2ccccc2)nc2c1cnn2Cc1cccc(F)c1.